The molecule has 2 rings (SSSR count). The zero-order valence-corrected chi connectivity index (χ0v) is 16.6. The molecule has 2 aliphatic rings. The number of nitrogens with two attached hydrogens (primary N) is 1. The van der Waals surface area contributed by atoms with E-state index in [0.29, 0.717) is 19.6 Å². The zero-order chi connectivity index (χ0) is 18.9. The normalized spacial score (nSPS) is 22.3. The van der Waals surface area contributed by atoms with Crippen LogP contribution in [0.2, 0.25) is 0 Å². The molecule has 2 N–H and O–H groups in total. The molecule has 0 aliphatic carbocycles. The average molecular weight is 385 g/mol. The molecule has 0 bridgehead atoms. The van der Waals surface area contributed by atoms with Crippen LogP contribution >= 0.6 is 12.2 Å². The Kier molecular flexibility index (Phi) is 8.90. The zero-order valence-electron chi connectivity index (χ0n) is 15.8. The Balaban J connectivity index is 1.65. The van der Waals surface area contributed by atoms with Crippen molar-refractivity contribution in [2.24, 2.45) is 5.73 Å². The van der Waals surface area contributed by atoms with Crippen molar-refractivity contribution in [1.29, 1.82) is 0 Å². The number of nitrogens with zero attached hydrogens (tertiary/aromatic N) is 3. The fraction of sp³-hybridized carbons (Fsp3) is 0.833. The minimum atomic E-state index is -0.304. The number of unbranched alkanes of at least 4 members (excludes halogenated alkanes) is 2. The van der Waals surface area contributed by atoms with Crippen LogP contribution in [-0.2, 0) is 14.3 Å². The van der Waals surface area contributed by atoms with Gasteiger partial charge in [-0.3, -0.25) is 19.4 Å². The Labute approximate surface area is 161 Å². The number of piperazine rings is 1. The van der Waals surface area contributed by atoms with E-state index >= 15 is 0 Å². The molecule has 1 unspecified atom stereocenters. The summed E-state index contributed by atoms with van der Waals surface area (Å²) >= 11 is 5.08. The summed E-state index contributed by atoms with van der Waals surface area (Å²) in [5.41, 5.74) is 5.29. The molecule has 2 saturated heterocycles. The average Bonchev–Trinajstić information content (AvgIpc) is 2.61. The van der Waals surface area contributed by atoms with Crippen LogP contribution in [0.5, 0.6) is 0 Å². The molecule has 1 atom stereocenters. The number of hydrogen-bond acceptors (Lipinski definition) is 6. The highest BCUT2D eigenvalue weighted by molar-refractivity contribution is 7.80. The second-order valence-electron chi connectivity index (χ2n) is 7.21. The van der Waals surface area contributed by atoms with Crippen molar-refractivity contribution < 1.29 is 14.3 Å². The van der Waals surface area contributed by atoms with Gasteiger partial charge >= 0.3 is 0 Å². The number of morpholine rings is 1. The van der Waals surface area contributed by atoms with Crippen LogP contribution < -0.4 is 5.73 Å². The van der Waals surface area contributed by atoms with Crippen LogP contribution in [-0.4, -0.2) is 90.0 Å². The maximum atomic E-state index is 12.3. The molecule has 2 fully saturated rings. The highest BCUT2D eigenvalue weighted by atomic mass is 32.1. The van der Waals surface area contributed by atoms with Crippen molar-refractivity contribution in [3.8, 4) is 0 Å². The summed E-state index contributed by atoms with van der Waals surface area (Å²) in [6.45, 7) is 7.40. The van der Waals surface area contributed by atoms with Gasteiger partial charge in [-0.25, -0.2) is 0 Å². The van der Waals surface area contributed by atoms with Crippen LogP contribution in [0.15, 0.2) is 0 Å². The lowest BCUT2D eigenvalue weighted by Crippen LogP contribution is -2.58. The van der Waals surface area contributed by atoms with Gasteiger partial charge in [0.2, 0.25) is 11.8 Å². The third kappa shape index (κ3) is 7.26. The summed E-state index contributed by atoms with van der Waals surface area (Å²) in [4.78, 5) is 30.8. The van der Waals surface area contributed by atoms with E-state index in [1.54, 1.807) is 0 Å². The lowest BCUT2D eigenvalue weighted by molar-refractivity contribution is -0.144. The van der Waals surface area contributed by atoms with Crippen molar-refractivity contribution in [1.82, 2.24) is 14.7 Å². The number of primary amides is 1. The van der Waals surface area contributed by atoms with Gasteiger partial charge < -0.3 is 15.4 Å². The highest BCUT2D eigenvalue weighted by Crippen LogP contribution is 2.14. The molecule has 2 amide bonds. The molecule has 0 aromatic heterocycles. The quantitative estimate of drug-likeness (QED) is 0.464. The number of thiocarbonyl (C=S) groups is 1. The van der Waals surface area contributed by atoms with E-state index < -0.39 is 0 Å². The van der Waals surface area contributed by atoms with Gasteiger partial charge in [0.1, 0.15) is 6.23 Å². The molecule has 0 spiro atoms. The van der Waals surface area contributed by atoms with Crippen LogP contribution in [0, 0.1) is 0 Å². The molecule has 2 heterocycles. The fourth-order valence-corrected chi connectivity index (χ4v) is 3.66. The number of ether oxygens (including phenoxy) is 1. The fourth-order valence-electron chi connectivity index (χ4n) is 3.51. The monoisotopic (exact) mass is 384 g/mol. The minimum Gasteiger partial charge on any atom is -0.369 e. The molecule has 8 heteroatoms. The first kappa shape index (κ1) is 21.2. The van der Waals surface area contributed by atoms with Crippen molar-refractivity contribution in [2.75, 3.05) is 52.4 Å². The summed E-state index contributed by atoms with van der Waals surface area (Å²) in [6, 6.07) is 0. The number of rotatable bonds is 9. The Hall–Kier alpha value is -1.09. The standard InChI is InChI=1S/C18H32N4O3S/c1-15(26)5-3-2-4-6-17(24)21-7-9-22(10-8-21)18-14-20(11-12-25-18)13-16(19)23/h18H,2-14H2,1H3,(H2,19,23). The van der Waals surface area contributed by atoms with Crippen molar-refractivity contribution in [2.45, 2.75) is 45.3 Å². The molecule has 7 nitrogen and oxygen atoms in total. The van der Waals surface area contributed by atoms with Gasteiger partial charge in [0.25, 0.3) is 0 Å². The number of carbonyl (C=O) groups excluding carboxylic acids is 2. The Morgan fingerprint density at radius 2 is 1.77 bits per heavy atom. The number of hydrogen-bond donors (Lipinski definition) is 1. The van der Waals surface area contributed by atoms with Crippen LogP contribution in [0.25, 0.3) is 0 Å². The molecule has 0 aromatic rings. The first-order valence-corrected chi connectivity index (χ1v) is 10.00. The topological polar surface area (TPSA) is 79.1 Å². The van der Waals surface area contributed by atoms with Crippen LogP contribution in [0.4, 0.5) is 0 Å². The Morgan fingerprint density at radius 1 is 1.08 bits per heavy atom. The van der Waals surface area contributed by atoms with Gasteiger partial charge in [0.05, 0.1) is 13.2 Å². The van der Waals surface area contributed by atoms with Gasteiger partial charge in [0, 0.05) is 45.7 Å². The molecular weight excluding hydrogens is 352 g/mol. The Bertz CT molecular complexity index is 495. The van der Waals surface area contributed by atoms with Gasteiger partial charge in [-0.05, 0) is 31.1 Å². The summed E-state index contributed by atoms with van der Waals surface area (Å²) in [7, 11) is 0. The third-order valence-corrected chi connectivity index (χ3v) is 5.21. The summed E-state index contributed by atoms with van der Waals surface area (Å²) in [6.07, 6.45) is 4.68. The third-order valence-electron chi connectivity index (χ3n) is 5.01. The van der Waals surface area contributed by atoms with Crippen LogP contribution in [0.3, 0.4) is 0 Å². The van der Waals surface area contributed by atoms with Gasteiger partial charge in [-0.1, -0.05) is 18.6 Å². The lowest BCUT2D eigenvalue weighted by atomic mass is 10.1. The predicted octanol–water partition coefficient (Wildman–Crippen LogP) is 0.615. The second kappa shape index (κ2) is 10.9. The van der Waals surface area contributed by atoms with E-state index in [1.165, 1.54) is 0 Å². The van der Waals surface area contributed by atoms with Gasteiger partial charge in [-0.15, -0.1) is 0 Å². The molecule has 148 valence electrons. The van der Waals surface area contributed by atoms with Crippen molar-refractivity contribution in [3.05, 3.63) is 0 Å². The smallest absolute Gasteiger partial charge is 0.231 e. The van der Waals surface area contributed by atoms with Crippen LogP contribution in [0.1, 0.15) is 39.0 Å². The summed E-state index contributed by atoms with van der Waals surface area (Å²) in [5.74, 6) is -0.0505. The number of amides is 2. The maximum Gasteiger partial charge on any atom is 0.231 e. The van der Waals surface area contributed by atoms with E-state index in [0.717, 1.165) is 63.3 Å². The molecule has 0 saturated carbocycles. The van der Waals surface area contributed by atoms with E-state index in [9.17, 15) is 9.59 Å². The van der Waals surface area contributed by atoms with Crippen molar-refractivity contribution >= 4 is 28.9 Å². The minimum absolute atomic E-state index is 0.0155. The first-order chi connectivity index (χ1) is 12.5. The molecule has 2 aliphatic heterocycles. The van der Waals surface area contributed by atoms with E-state index in [1.807, 2.05) is 16.7 Å². The SMILES string of the molecule is CC(=S)CCCCCC(=O)N1CCN(C2CN(CC(N)=O)CCO2)CC1. The Morgan fingerprint density at radius 3 is 2.42 bits per heavy atom. The highest BCUT2D eigenvalue weighted by Gasteiger charge is 2.30. The summed E-state index contributed by atoms with van der Waals surface area (Å²) in [5, 5.41) is 0. The largest absolute Gasteiger partial charge is 0.369 e. The van der Waals surface area contributed by atoms with Gasteiger partial charge in [-0.2, -0.15) is 0 Å². The van der Waals surface area contributed by atoms with Crippen molar-refractivity contribution in [3.63, 3.8) is 0 Å². The molecule has 26 heavy (non-hydrogen) atoms. The first-order valence-electron chi connectivity index (χ1n) is 9.59. The number of carbonyl (C=O) groups is 2. The maximum absolute atomic E-state index is 12.3. The van der Waals surface area contributed by atoms with E-state index in [4.69, 9.17) is 22.7 Å². The van der Waals surface area contributed by atoms with E-state index in [-0.39, 0.29) is 24.6 Å². The molecule has 0 radical (unpaired) electrons. The lowest BCUT2D eigenvalue weighted by Gasteiger charge is -2.42. The second-order valence-corrected chi connectivity index (χ2v) is 7.90. The van der Waals surface area contributed by atoms with E-state index in [2.05, 4.69) is 4.90 Å². The summed E-state index contributed by atoms with van der Waals surface area (Å²) < 4.78 is 5.85. The van der Waals surface area contributed by atoms with Gasteiger partial charge in [0.15, 0.2) is 0 Å². The molecular formula is C18H32N4O3S. The molecule has 0 aromatic carbocycles. The predicted molar refractivity (Wildman–Crippen MR) is 105 cm³/mol.